The van der Waals surface area contributed by atoms with Gasteiger partial charge in [-0.05, 0) is 83.8 Å². The molecular formula is C33H34FN3O2. The van der Waals surface area contributed by atoms with E-state index in [4.69, 9.17) is 5.11 Å². The summed E-state index contributed by atoms with van der Waals surface area (Å²) in [6, 6.07) is 18.1. The Balaban J connectivity index is 1.67. The quantitative estimate of drug-likeness (QED) is 0.270. The standard InChI is InChI=1S/C33H34FN3O2/c1-20(2)24-7-10-28(11-8-24)37-22(4)15-26-17-25(27-18-35-36(5)19-27)9-12-29(26)33(37)32-21(3)14-23(16-30(32)34)6-13-31(38)39/h6-14,16-20,22,33H,15H2,1-5H3,(H,38,39)/b13-6+/t22-,33+/m1/s1. The van der Waals surface area contributed by atoms with E-state index in [1.165, 1.54) is 23.3 Å². The molecule has 5 nitrogen and oxygen atoms in total. The Labute approximate surface area is 229 Å². The van der Waals surface area contributed by atoms with Crippen molar-refractivity contribution in [3.05, 3.63) is 112 Å². The maximum absolute atomic E-state index is 16.0. The number of anilines is 1. The number of aromatic nitrogens is 2. The summed E-state index contributed by atoms with van der Waals surface area (Å²) in [5.74, 6) is -0.982. The van der Waals surface area contributed by atoms with Crippen molar-refractivity contribution in [2.75, 3.05) is 4.90 Å². The van der Waals surface area contributed by atoms with Crippen LogP contribution < -0.4 is 4.90 Å². The molecule has 1 aliphatic heterocycles. The van der Waals surface area contributed by atoms with Gasteiger partial charge in [0.1, 0.15) is 5.82 Å². The van der Waals surface area contributed by atoms with E-state index < -0.39 is 5.97 Å². The molecule has 0 fully saturated rings. The van der Waals surface area contributed by atoms with E-state index in [0.29, 0.717) is 17.0 Å². The Hall–Kier alpha value is -4.19. The number of nitrogens with zero attached hydrogens (tertiary/aromatic N) is 3. The Kier molecular flexibility index (Phi) is 7.13. The van der Waals surface area contributed by atoms with Crippen molar-refractivity contribution in [3.63, 3.8) is 0 Å². The van der Waals surface area contributed by atoms with Crippen LogP contribution in [-0.2, 0) is 18.3 Å². The van der Waals surface area contributed by atoms with E-state index in [1.807, 2.05) is 32.4 Å². The van der Waals surface area contributed by atoms with Crippen LogP contribution in [0.2, 0.25) is 0 Å². The van der Waals surface area contributed by atoms with Crippen LogP contribution in [0.4, 0.5) is 10.1 Å². The first-order valence-corrected chi connectivity index (χ1v) is 13.3. The van der Waals surface area contributed by atoms with Crippen LogP contribution in [0.3, 0.4) is 0 Å². The number of hydrogen-bond acceptors (Lipinski definition) is 3. The van der Waals surface area contributed by atoms with Crippen LogP contribution in [0, 0.1) is 12.7 Å². The predicted octanol–water partition coefficient (Wildman–Crippen LogP) is 7.30. The van der Waals surface area contributed by atoms with Crippen LogP contribution in [0.1, 0.15) is 66.1 Å². The zero-order valence-electron chi connectivity index (χ0n) is 23.0. The lowest BCUT2D eigenvalue weighted by atomic mass is 9.81. The summed E-state index contributed by atoms with van der Waals surface area (Å²) in [5, 5.41) is 13.4. The Bertz CT molecular complexity index is 1530. The second-order valence-corrected chi connectivity index (χ2v) is 10.8. The summed E-state index contributed by atoms with van der Waals surface area (Å²) in [6.07, 6.45) is 7.16. The Morgan fingerprint density at radius 2 is 1.85 bits per heavy atom. The van der Waals surface area contributed by atoms with Gasteiger partial charge in [-0.3, -0.25) is 4.68 Å². The fraction of sp³-hybridized carbons (Fsp3) is 0.273. The molecule has 0 aliphatic carbocycles. The molecule has 3 aromatic carbocycles. The first kappa shape index (κ1) is 26.4. The smallest absolute Gasteiger partial charge is 0.328 e. The molecule has 1 N–H and O–H groups in total. The topological polar surface area (TPSA) is 58.4 Å². The number of carboxylic acids is 1. The van der Waals surface area contributed by atoms with Crippen LogP contribution in [0.25, 0.3) is 17.2 Å². The molecule has 6 heteroatoms. The molecular weight excluding hydrogens is 489 g/mol. The molecule has 2 heterocycles. The number of benzene rings is 3. The normalized spacial score (nSPS) is 17.2. The van der Waals surface area contributed by atoms with Gasteiger partial charge in [-0.2, -0.15) is 5.10 Å². The largest absolute Gasteiger partial charge is 0.478 e. The molecule has 39 heavy (non-hydrogen) atoms. The van der Waals surface area contributed by atoms with Crippen LogP contribution in [-0.4, -0.2) is 26.9 Å². The number of aryl methyl sites for hydroxylation is 2. The molecule has 1 aromatic heterocycles. The molecule has 0 spiro atoms. The molecule has 0 saturated carbocycles. The number of carboxylic acid groups (broad SMARTS) is 1. The van der Waals surface area contributed by atoms with E-state index in [2.05, 4.69) is 73.2 Å². The third-order valence-corrected chi connectivity index (χ3v) is 7.65. The number of aliphatic carboxylic acids is 1. The third kappa shape index (κ3) is 5.24. The van der Waals surface area contributed by atoms with E-state index in [1.54, 1.807) is 4.68 Å². The molecule has 1 aliphatic rings. The SMILES string of the molecule is Cc1cc(/C=C/C(=O)O)cc(F)c1[C@@H]1c2ccc(-c3cnn(C)c3)cc2C[C@@H](C)N1c1ccc(C(C)C)cc1. The minimum atomic E-state index is -1.06. The predicted molar refractivity (Wildman–Crippen MR) is 154 cm³/mol. The fourth-order valence-corrected chi connectivity index (χ4v) is 5.74. The summed E-state index contributed by atoms with van der Waals surface area (Å²) in [6.45, 7) is 8.45. The second-order valence-electron chi connectivity index (χ2n) is 10.8. The monoisotopic (exact) mass is 523 g/mol. The van der Waals surface area contributed by atoms with Crippen LogP contribution >= 0.6 is 0 Å². The van der Waals surface area contributed by atoms with E-state index in [9.17, 15) is 4.79 Å². The lowest BCUT2D eigenvalue weighted by Crippen LogP contribution is -2.43. The van der Waals surface area contributed by atoms with Gasteiger partial charge in [-0.15, -0.1) is 0 Å². The van der Waals surface area contributed by atoms with Gasteiger partial charge in [-0.25, -0.2) is 9.18 Å². The number of hydrogen-bond donors (Lipinski definition) is 1. The van der Waals surface area contributed by atoms with E-state index in [0.717, 1.165) is 40.4 Å². The van der Waals surface area contributed by atoms with E-state index in [-0.39, 0.29) is 17.9 Å². The van der Waals surface area contributed by atoms with Gasteiger partial charge in [0.25, 0.3) is 0 Å². The van der Waals surface area contributed by atoms with Gasteiger partial charge < -0.3 is 10.0 Å². The van der Waals surface area contributed by atoms with Crippen molar-refractivity contribution in [1.82, 2.24) is 9.78 Å². The molecule has 0 amide bonds. The molecule has 0 radical (unpaired) electrons. The average Bonchev–Trinajstić information content (AvgIpc) is 3.33. The number of halogens is 1. The molecule has 200 valence electrons. The highest BCUT2D eigenvalue weighted by Gasteiger charge is 2.36. The van der Waals surface area contributed by atoms with Crippen LogP contribution in [0.5, 0.6) is 0 Å². The average molecular weight is 524 g/mol. The highest BCUT2D eigenvalue weighted by atomic mass is 19.1. The molecule has 5 rings (SSSR count). The van der Waals surface area contributed by atoms with Gasteiger partial charge >= 0.3 is 5.97 Å². The van der Waals surface area contributed by atoms with Crippen LogP contribution in [0.15, 0.2) is 73.1 Å². The summed E-state index contributed by atoms with van der Waals surface area (Å²) < 4.78 is 17.8. The van der Waals surface area contributed by atoms with E-state index >= 15 is 4.39 Å². The molecule has 0 bridgehead atoms. The van der Waals surface area contributed by atoms with Gasteiger partial charge in [0, 0.05) is 42.2 Å². The molecule has 0 saturated heterocycles. The van der Waals surface area contributed by atoms with Crippen molar-refractivity contribution in [2.24, 2.45) is 7.05 Å². The Morgan fingerprint density at radius 3 is 2.46 bits per heavy atom. The van der Waals surface area contributed by atoms with Crippen molar-refractivity contribution in [1.29, 1.82) is 0 Å². The zero-order chi connectivity index (χ0) is 27.8. The summed E-state index contributed by atoms with van der Waals surface area (Å²) in [7, 11) is 1.91. The van der Waals surface area contributed by atoms with Crippen molar-refractivity contribution >= 4 is 17.7 Å². The number of fused-ring (bicyclic) bond motifs is 1. The maximum Gasteiger partial charge on any atom is 0.328 e. The van der Waals surface area contributed by atoms with Crippen molar-refractivity contribution in [3.8, 4) is 11.1 Å². The lowest BCUT2D eigenvalue weighted by Gasteiger charge is -2.44. The van der Waals surface area contributed by atoms with Gasteiger partial charge in [0.2, 0.25) is 0 Å². The highest BCUT2D eigenvalue weighted by Crippen LogP contribution is 2.44. The van der Waals surface area contributed by atoms with Crippen molar-refractivity contribution in [2.45, 2.75) is 52.1 Å². The first-order valence-electron chi connectivity index (χ1n) is 13.3. The first-order chi connectivity index (χ1) is 18.6. The van der Waals surface area contributed by atoms with Gasteiger partial charge in [0.15, 0.2) is 0 Å². The summed E-state index contributed by atoms with van der Waals surface area (Å²) in [5.41, 5.74) is 8.64. The zero-order valence-corrected chi connectivity index (χ0v) is 23.0. The fourth-order valence-electron chi connectivity index (χ4n) is 5.74. The third-order valence-electron chi connectivity index (χ3n) is 7.65. The highest BCUT2D eigenvalue weighted by molar-refractivity contribution is 5.85. The van der Waals surface area contributed by atoms with Crippen molar-refractivity contribution < 1.29 is 14.3 Å². The molecule has 0 unspecified atom stereocenters. The van der Waals surface area contributed by atoms with Gasteiger partial charge in [-0.1, -0.05) is 50.2 Å². The number of rotatable bonds is 6. The minimum Gasteiger partial charge on any atom is -0.478 e. The van der Waals surface area contributed by atoms with Gasteiger partial charge in [0.05, 0.1) is 12.2 Å². The lowest BCUT2D eigenvalue weighted by molar-refractivity contribution is -0.131. The molecule has 4 aromatic rings. The second kappa shape index (κ2) is 10.5. The molecule has 2 atom stereocenters. The summed E-state index contributed by atoms with van der Waals surface area (Å²) >= 11 is 0. The minimum absolute atomic E-state index is 0.113. The number of carbonyl (C=O) groups is 1. The Morgan fingerprint density at radius 1 is 1.10 bits per heavy atom. The maximum atomic E-state index is 16.0. The summed E-state index contributed by atoms with van der Waals surface area (Å²) in [4.78, 5) is 13.4.